The summed E-state index contributed by atoms with van der Waals surface area (Å²) in [7, 11) is 2.00. The number of likely N-dealkylation sites (N-methyl/N-ethyl adjacent to an activating group) is 1. The minimum Gasteiger partial charge on any atom is -0.491 e. The van der Waals surface area contributed by atoms with Crippen LogP contribution in [0.2, 0.25) is 0 Å². The third-order valence-electron chi connectivity index (χ3n) is 6.16. The number of rotatable bonds is 10. The maximum absolute atomic E-state index is 10.7. The zero-order valence-electron chi connectivity index (χ0n) is 19.5. The average Bonchev–Trinajstić information content (AvgIpc) is 3.00. The van der Waals surface area contributed by atoms with Crippen molar-refractivity contribution in [3.63, 3.8) is 0 Å². The van der Waals surface area contributed by atoms with E-state index in [2.05, 4.69) is 58.3 Å². The van der Waals surface area contributed by atoms with Crippen molar-refractivity contribution in [1.29, 1.82) is 0 Å². The first-order valence-corrected chi connectivity index (χ1v) is 11.7. The Hall–Kier alpha value is -3.42. The lowest BCUT2D eigenvalue weighted by Gasteiger charge is -2.28. The lowest BCUT2D eigenvalue weighted by Crippen LogP contribution is -2.34. The lowest BCUT2D eigenvalue weighted by molar-refractivity contribution is -0.384. The molecule has 0 spiro atoms. The largest absolute Gasteiger partial charge is 0.491 e. The highest BCUT2D eigenvalue weighted by Crippen LogP contribution is 2.35. The van der Waals surface area contributed by atoms with Crippen molar-refractivity contribution in [1.82, 2.24) is 4.90 Å². The summed E-state index contributed by atoms with van der Waals surface area (Å²) in [6, 6.07) is 23.2. The smallest absolute Gasteiger partial charge is 0.269 e. The molecule has 0 aliphatic carbocycles. The number of anilines is 2. The Balaban J connectivity index is 1.28. The summed E-state index contributed by atoms with van der Waals surface area (Å²) in [5, 5.41) is 21.1. The number of ether oxygens (including phenoxy) is 1. The normalized spacial score (nSPS) is 13.7. The molecule has 1 aliphatic rings. The Morgan fingerprint density at radius 3 is 2.18 bits per heavy atom. The molecule has 0 radical (unpaired) electrons. The molecule has 1 N–H and O–H groups in total. The van der Waals surface area contributed by atoms with Gasteiger partial charge in [0.2, 0.25) is 0 Å². The number of nitro groups is 1. The molecule has 0 fully saturated rings. The van der Waals surface area contributed by atoms with E-state index < -0.39 is 11.0 Å². The molecule has 0 saturated carbocycles. The number of nitrogens with zero attached hydrogens (tertiary/aromatic N) is 3. The number of hydrogen-bond acceptors (Lipinski definition) is 6. The van der Waals surface area contributed by atoms with Gasteiger partial charge in [-0.1, -0.05) is 36.4 Å². The number of fused-ring (bicyclic) bond motifs is 2. The van der Waals surface area contributed by atoms with E-state index >= 15 is 0 Å². The minimum atomic E-state index is -0.653. The number of para-hydroxylation sites is 2. The summed E-state index contributed by atoms with van der Waals surface area (Å²) >= 11 is 0. The van der Waals surface area contributed by atoms with Crippen molar-refractivity contribution < 1.29 is 14.8 Å². The Labute approximate surface area is 200 Å². The van der Waals surface area contributed by atoms with Gasteiger partial charge in [0, 0.05) is 36.6 Å². The highest BCUT2D eigenvalue weighted by molar-refractivity contribution is 5.71. The number of benzene rings is 3. The van der Waals surface area contributed by atoms with E-state index in [1.807, 2.05) is 7.05 Å². The second kappa shape index (κ2) is 11.1. The molecule has 178 valence electrons. The molecule has 0 bridgehead atoms. The molecule has 1 heterocycles. The molecule has 7 heteroatoms. The first-order valence-electron chi connectivity index (χ1n) is 11.7. The Kier molecular flexibility index (Phi) is 7.77. The van der Waals surface area contributed by atoms with Crippen LogP contribution in [-0.4, -0.2) is 54.3 Å². The van der Waals surface area contributed by atoms with Crippen LogP contribution < -0.4 is 9.64 Å². The highest BCUT2D eigenvalue weighted by atomic mass is 16.6. The van der Waals surface area contributed by atoms with Gasteiger partial charge in [-0.25, -0.2) is 0 Å². The summed E-state index contributed by atoms with van der Waals surface area (Å²) in [6.45, 7) is 2.36. The number of aliphatic hydroxyl groups is 1. The van der Waals surface area contributed by atoms with E-state index in [0.717, 1.165) is 32.4 Å². The van der Waals surface area contributed by atoms with Gasteiger partial charge in [-0.15, -0.1) is 0 Å². The van der Waals surface area contributed by atoms with Gasteiger partial charge in [0.25, 0.3) is 5.69 Å². The standard InChI is InChI=1S/C27H31N3O4/c1-28(19-24(31)20-34-25-15-13-23(14-16-25)30(32)33)17-6-18-29-26-9-4-2-7-21(26)11-12-22-8-3-5-10-27(22)29/h2-5,7-10,13-16,24,31H,6,11-12,17-20H2,1H3. The second-order valence-electron chi connectivity index (χ2n) is 8.74. The minimum absolute atomic E-state index is 0.0160. The third-order valence-corrected chi connectivity index (χ3v) is 6.16. The maximum atomic E-state index is 10.7. The fourth-order valence-corrected chi connectivity index (χ4v) is 4.47. The van der Waals surface area contributed by atoms with Gasteiger partial charge < -0.3 is 19.6 Å². The quantitative estimate of drug-likeness (QED) is 0.351. The summed E-state index contributed by atoms with van der Waals surface area (Å²) in [5.74, 6) is 0.505. The number of aryl methyl sites for hydroxylation is 2. The van der Waals surface area contributed by atoms with Crippen LogP contribution in [0, 0.1) is 10.1 Å². The molecule has 0 amide bonds. The van der Waals surface area contributed by atoms with Crippen LogP contribution in [0.15, 0.2) is 72.8 Å². The molecule has 1 unspecified atom stereocenters. The molecule has 7 nitrogen and oxygen atoms in total. The van der Waals surface area contributed by atoms with Crippen LogP contribution in [0.25, 0.3) is 0 Å². The van der Waals surface area contributed by atoms with E-state index in [0.29, 0.717) is 12.3 Å². The lowest BCUT2D eigenvalue weighted by atomic mass is 10.0. The number of non-ortho nitro benzene ring substituents is 1. The van der Waals surface area contributed by atoms with Crippen molar-refractivity contribution in [3.05, 3.63) is 94.0 Å². The van der Waals surface area contributed by atoms with Crippen LogP contribution in [0.4, 0.5) is 17.1 Å². The molecule has 0 saturated heterocycles. The van der Waals surface area contributed by atoms with Crippen LogP contribution in [0.5, 0.6) is 5.75 Å². The van der Waals surface area contributed by atoms with Crippen molar-refractivity contribution >= 4 is 17.1 Å². The molecular weight excluding hydrogens is 430 g/mol. The zero-order chi connectivity index (χ0) is 23.9. The third kappa shape index (κ3) is 5.92. The van der Waals surface area contributed by atoms with Gasteiger partial charge in [0.05, 0.1) is 4.92 Å². The van der Waals surface area contributed by atoms with Crippen LogP contribution in [0.1, 0.15) is 17.5 Å². The molecule has 3 aromatic rings. The summed E-state index contributed by atoms with van der Waals surface area (Å²) in [4.78, 5) is 14.8. The van der Waals surface area contributed by atoms with Crippen molar-refractivity contribution in [3.8, 4) is 5.75 Å². The number of nitro benzene ring substituents is 1. The zero-order valence-corrected chi connectivity index (χ0v) is 19.5. The highest BCUT2D eigenvalue weighted by Gasteiger charge is 2.20. The van der Waals surface area contributed by atoms with E-state index in [-0.39, 0.29) is 12.3 Å². The molecule has 4 rings (SSSR count). The van der Waals surface area contributed by atoms with Gasteiger partial charge in [-0.3, -0.25) is 10.1 Å². The van der Waals surface area contributed by atoms with Crippen LogP contribution in [0.3, 0.4) is 0 Å². The van der Waals surface area contributed by atoms with Crippen LogP contribution >= 0.6 is 0 Å². The predicted octanol–water partition coefficient (Wildman–Crippen LogP) is 4.59. The van der Waals surface area contributed by atoms with E-state index in [1.54, 1.807) is 12.1 Å². The Bertz CT molecular complexity index is 1060. The van der Waals surface area contributed by atoms with Crippen molar-refractivity contribution in [2.45, 2.75) is 25.4 Å². The maximum Gasteiger partial charge on any atom is 0.269 e. The number of aliphatic hydroxyl groups excluding tert-OH is 1. The summed E-state index contributed by atoms with van der Waals surface area (Å²) in [5.41, 5.74) is 5.34. The monoisotopic (exact) mass is 461 g/mol. The molecule has 0 aromatic heterocycles. The van der Waals surface area contributed by atoms with E-state index in [9.17, 15) is 15.2 Å². The second-order valence-corrected chi connectivity index (χ2v) is 8.74. The van der Waals surface area contributed by atoms with E-state index in [4.69, 9.17) is 4.74 Å². The van der Waals surface area contributed by atoms with Crippen LogP contribution in [-0.2, 0) is 12.8 Å². The van der Waals surface area contributed by atoms with Crippen molar-refractivity contribution in [2.24, 2.45) is 0 Å². The van der Waals surface area contributed by atoms with Gasteiger partial charge in [-0.05, 0) is 68.2 Å². The fourth-order valence-electron chi connectivity index (χ4n) is 4.47. The molecular formula is C27H31N3O4. The van der Waals surface area contributed by atoms with Gasteiger partial charge in [0.15, 0.2) is 0 Å². The van der Waals surface area contributed by atoms with Gasteiger partial charge >= 0.3 is 0 Å². The molecule has 1 aliphatic heterocycles. The molecule has 3 aromatic carbocycles. The summed E-state index contributed by atoms with van der Waals surface area (Å²) in [6.07, 6.45) is 2.39. The SMILES string of the molecule is CN(CCCN1c2ccccc2CCc2ccccc21)CC(O)COc1ccc([N+](=O)[O-])cc1. The number of hydrogen-bond donors (Lipinski definition) is 1. The fraction of sp³-hybridized carbons (Fsp3) is 0.333. The average molecular weight is 462 g/mol. The first-order chi connectivity index (χ1) is 16.5. The summed E-state index contributed by atoms with van der Waals surface area (Å²) < 4.78 is 5.59. The Morgan fingerprint density at radius 1 is 1.00 bits per heavy atom. The van der Waals surface area contributed by atoms with Crippen molar-refractivity contribution in [2.75, 3.05) is 38.2 Å². The predicted molar refractivity (Wildman–Crippen MR) is 134 cm³/mol. The molecule has 34 heavy (non-hydrogen) atoms. The first kappa shape index (κ1) is 23.7. The van der Waals surface area contributed by atoms with E-state index in [1.165, 1.54) is 34.6 Å². The molecule has 1 atom stereocenters. The topological polar surface area (TPSA) is 79.1 Å². The Morgan fingerprint density at radius 2 is 1.59 bits per heavy atom. The van der Waals surface area contributed by atoms with Gasteiger partial charge in [-0.2, -0.15) is 0 Å². The van der Waals surface area contributed by atoms with Gasteiger partial charge in [0.1, 0.15) is 18.5 Å².